The van der Waals surface area contributed by atoms with E-state index in [0.29, 0.717) is 0 Å². The first-order valence-electron chi connectivity index (χ1n) is 4.84. The van der Waals surface area contributed by atoms with Crippen LogP contribution in [0, 0.1) is 0 Å². The van der Waals surface area contributed by atoms with Gasteiger partial charge in [-0.2, -0.15) is 0 Å². The number of ether oxygens (including phenoxy) is 2. The van der Waals surface area contributed by atoms with Crippen LogP contribution in [-0.2, 0) is 0 Å². The van der Waals surface area contributed by atoms with Gasteiger partial charge < -0.3 is 9.47 Å². The average Bonchev–Trinajstić information content (AvgIpc) is 2.18. The Bertz CT molecular complexity index is 350. The quantitative estimate of drug-likeness (QED) is 0.792. The minimum Gasteiger partial charge on any atom is -0.493 e. The largest absolute Gasteiger partial charge is 0.493 e. The molecule has 0 heterocycles. The molecule has 15 heavy (non-hydrogen) atoms. The molecule has 0 unspecified atom stereocenters. The van der Waals surface area contributed by atoms with Gasteiger partial charge in [0.15, 0.2) is 11.5 Å². The van der Waals surface area contributed by atoms with Gasteiger partial charge in [-0.15, -0.1) is 11.6 Å². The van der Waals surface area contributed by atoms with Crippen molar-refractivity contribution < 1.29 is 9.47 Å². The van der Waals surface area contributed by atoms with Gasteiger partial charge in [-0.3, -0.25) is 0 Å². The van der Waals surface area contributed by atoms with E-state index in [9.17, 15) is 0 Å². The molecule has 1 aliphatic carbocycles. The van der Waals surface area contributed by atoms with E-state index in [1.165, 1.54) is 0 Å². The van der Waals surface area contributed by atoms with E-state index in [-0.39, 0.29) is 11.5 Å². The number of halogens is 2. The van der Waals surface area contributed by atoms with Crippen LogP contribution in [0.1, 0.15) is 12.8 Å². The molecule has 1 fully saturated rings. The van der Waals surface area contributed by atoms with Crippen molar-refractivity contribution in [2.45, 2.75) is 24.3 Å². The maximum Gasteiger partial charge on any atom is 0.175 e. The van der Waals surface area contributed by atoms with Crippen molar-refractivity contribution in [1.29, 1.82) is 0 Å². The van der Waals surface area contributed by atoms with Crippen LogP contribution >= 0.6 is 27.5 Å². The molecule has 1 aromatic rings. The van der Waals surface area contributed by atoms with E-state index >= 15 is 0 Å². The summed E-state index contributed by atoms with van der Waals surface area (Å²) >= 11 is 9.35. The van der Waals surface area contributed by atoms with Gasteiger partial charge in [-0.1, -0.05) is 6.07 Å². The molecule has 0 saturated heterocycles. The maximum atomic E-state index is 5.90. The molecular formula is C11H12BrClO2. The van der Waals surface area contributed by atoms with Crippen molar-refractivity contribution >= 4 is 27.5 Å². The molecule has 1 aliphatic rings. The number of hydrogen-bond donors (Lipinski definition) is 0. The summed E-state index contributed by atoms with van der Waals surface area (Å²) in [6.45, 7) is 0. The first-order chi connectivity index (χ1) is 7.20. The molecule has 0 atom stereocenters. The van der Waals surface area contributed by atoms with Gasteiger partial charge in [-0.25, -0.2) is 0 Å². The highest BCUT2D eigenvalue weighted by atomic mass is 79.9. The van der Waals surface area contributed by atoms with Crippen molar-refractivity contribution in [1.82, 2.24) is 0 Å². The van der Waals surface area contributed by atoms with Crippen LogP contribution in [0.2, 0.25) is 0 Å². The molecule has 4 heteroatoms. The number of para-hydroxylation sites is 1. The van der Waals surface area contributed by atoms with E-state index in [0.717, 1.165) is 28.8 Å². The van der Waals surface area contributed by atoms with Crippen molar-refractivity contribution in [3.05, 3.63) is 22.7 Å². The lowest BCUT2D eigenvalue weighted by molar-refractivity contribution is 0.119. The first kappa shape index (κ1) is 11.1. The van der Waals surface area contributed by atoms with Crippen LogP contribution in [0.5, 0.6) is 11.5 Å². The third-order valence-corrected chi connectivity index (χ3v) is 3.45. The SMILES string of the molecule is COc1cccc(Br)c1OC1CC(Cl)C1. The molecule has 0 spiro atoms. The van der Waals surface area contributed by atoms with Crippen LogP contribution < -0.4 is 9.47 Å². The van der Waals surface area contributed by atoms with E-state index < -0.39 is 0 Å². The van der Waals surface area contributed by atoms with Gasteiger partial charge >= 0.3 is 0 Å². The summed E-state index contributed by atoms with van der Waals surface area (Å²) < 4.78 is 12.0. The van der Waals surface area contributed by atoms with Crippen molar-refractivity contribution in [3.63, 3.8) is 0 Å². The van der Waals surface area contributed by atoms with Gasteiger partial charge in [0.1, 0.15) is 6.10 Å². The molecule has 1 saturated carbocycles. The van der Waals surface area contributed by atoms with Gasteiger partial charge in [0, 0.05) is 18.2 Å². The summed E-state index contributed by atoms with van der Waals surface area (Å²) in [6, 6.07) is 5.74. The molecular weight excluding hydrogens is 279 g/mol. The van der Waals surface area contributed by atoms with Crippen molar-refractivity contribution in [2.24, 2.45) is 0 Å². The third-order valence-electron chi connectivity index (χ3n) is 2.47. The zero-order valence-corrected chi connectivity index (χ0v) is 10.7. The van der Waals surface area contributed by atoms with Crippen LogP contribution in [-0.4, -0.2) is 18.6 Å². The highest BCUT2D eigenvalue weighted by molar-refractivity contribution is 9.10. The van der Waals surface area contributed by atoms with Crippen LogP contribution in [0.3, 0.4) is 0 Å². The monoisotopic (exact) mass is 290 g/mol. The second-order valence-corrected chi connectivity index (χ2v) is 5.05. The molecule has 0 amide bonds. The van der Waals surface area contributed by atoms with Crippen LogP contribution in [0.15, 0.2) is 22.7 Å². The smallest absolute Gasteiger partial charge is 0.175 e. The predicted octanol–water partition coefficient (Wildman–Crippen LogP) is 3.61. The maximum absolute atomic E-state index is 5.90. The second kappa shape index (κ2) is 4.62. The molecule has 2 rings (SSSR count). The zero-order chi connectivity index (χ0) is 10.8. The lowest BCUT2D eigenvalue weighted by atomic mass is 9.95. The van der Waals surface area contributed by atoms with Crippen molar-refractivity contribution in [2.75, 3.05) is 7.11 Å². The molecule has 0 aliphatic heterocycles. The first-order valence-corrected chi connectivity index (χ1v) is 6.07. The van der Waals surface area contributed by atoms with E-state index in [4.69, 9.17) is 21.1 Å². The fourth-order valence-electron chi connectivity index (χ4n) is 1.53. The Morgan fingerprint density at radius 2 is 2.13 bits per heavy atom. The summed E-state index contributed by atoms with van der Waals surface area (Å²) in [5, 5.41) is 0.267. The third kappa shape index (κ3) is 2.40. The van der Waals surface area contributed by atoms with E-state index in [1.807, 2.05) is 18.2 Å². The zero-order valence-electron chi connectivity index (χ0n) is 8.37. The minimum atomic E-state index is 0.222. The topological polar surface area (TPSA) is 18.5 Å². The number of benzene rings is 1. The number of alkyl halides is 1. The summed E-state index contributed by atoms with van der Waals surface area (Å²) in [6.07, 6.45) is 2.04. The Morgan fingerprint density at radius 1 is 1.40 bits per heavy atom. The Hall–Kier alpha value is -0.410. The minimum absolute atomic E-state index is 0.222. The van der Waals surface area contributed by atoms with Gasteiger partial charge in [0.25, 0.3) is 0 Å². The highest BCUT2D eigenvalue weighted by Gasteiger charge is 2.30. The number of hydrogen-bond acceptors (Lipinski definition) is 2. The molecule has 0 radical (unpaired) electrons. The fourth-order valence-corrected chi connectivity index (χ4v) is 2.37. The summed E-state index contributed by atoms with van der Waals surface area (Å²) in [7, 11) is 1.64. The summed E-state index contributed by atoms with van der Waals surface area (Å²) in [5.74, 6) is 1.52. The predicted molar refractivity (Wildman–Crippen MR) is 64.0 cm³/mol. The average molecular weight is 292 g/mol. The summed E-state index contributed by atoms with van der Waals surface area (Å²) in [4.78, 5) is 0. The lowest BCUT2D eigenvalue weighted by Crippen LogP contribution is -2.34. The summed E-state index contributed by atoms with van der Waals surface area (Å²) in [5.41, 5.74) is 0. The standard InChI is InChI=1S/C11H12BrClO2/c1-14-10-4-2-3-9(12)11(10)15-8-5-7(13)6-8/h2-4,7-8H,5-6H2,1H3. The van der Waals surface area contributed by atoms with Crippen LogP contribution in [0.4, 0.5) is 0 Å². The second-order valence-electron chi connectivity index (χ2n) is 3.58. The number of methoxy groups -OCH3 is 1. The van der Waals surface area contributed by atoms with E-state index in [1.54, 1.807) is 7.11 Å². The molecule has 0 bridgehead atoms. The number of rotatable bonds is 3. The van der Waals surface area contributed by atoms with Gasteiger partial charge in [-0.05, 0) is 28.1 Å². The Labute approximate surface area is 103 Å². The fraction of sp³-hybridized carbons (Fsp3) is 0.455. The molecule has 2 nitrogen and oxygen atoms in total. The Kier molecular flexibility index (Phi) is 3.42. The normalized spacial score (nSPS) is 24.5. The van der Waals surface area contributed by atoms with Crippen LogP contribution in [0.25, 0.3) is 0 Å². The Balaban J connectivity index is 2.12. The molecule has 0 N–H and O–H groups in total. The van der Waals surface area contributed by atoms with Gasteiger partial charge in [0.05, 0.1) is 11.6 Å². The molecule has 82 valence electrons. The van der Waals surface area contributed by atoms with E-state index in [2.05, 4.69) is 15.9 Å². The Morgan fingerprint density at radius 3 is 2.73 bits per heavy atom. The molecule has 1 aromatic carbocycles. The van der Waals surface area contributed by atoms with Gasteiger partial charge in [0.2, 0.25) is 0 Å². The lowest BCUT2D eigenvalue weighted by Gasteiger charge is -2.31. The molecule has 0 aromatic heterocycles. The highest BCUT2D eigenvalue weighted by Crippen LogP contribution is 2.39. The van der Waals surface area contributed by atoms with Crippen molar-refractivity contribution in [3.8, 4) is 11.5 Å².